The minimum absolute atomic E-state index is 0.431. The van der Waals surface area contributed by atoms with Crippen molar-refractivity contribution in [2.75, 3.05) is 11.1 Å². The number of nitrogen functional groups attached to an aromatic ring is 1. The second-order valence-corrected chi connectivity index (χ2v) is 6.57. The van der Waals surface area contributed by atoms with E-state index in [0.29, 0.717) is 23.3 Å². The Morgan fingerprint density at radius 2 is 1.96 bits per heavy atom. The quantitative estimate of drug-likeness (QED) is 0.487. The first-order chi connectivity index (χ1) is 12.6. The van der Waals surface area contributed by atoms with Crippen LogP contribution in [-0.4, -0.2) is 15.0 Å². The minimum Gasteiger partial charge on any atom is -0.384 e. The first-order valence-electron chi connectivity index (χ1n) is 8.30. The van der Waals surface area contributed by atoms with Crippen LogP contribution in [0.2, 0.25) is 5.02 Å². The van der Waals surface area contributed by atoms with Gasteiger partial charge in [-0.1, -0.05) is 41.9 Å². The summed E-state index contributed by atoms with van der Waals surface area (Å²) in [5, 5.41) is 5.02. The molecule has 0 amide bonds. The molecule has 26 heavy (non-hydrogen) atoms. The smallest absolute Gasteiger partial charge is 0.224 e. The minimum atomic E-state index is 0.431. The van der Waals surface area contributed by atoms with Gasteiger partial charge in [0.05, 0.1) is 5.52 Å². The predicted octanol–water partition coefficient (Wildman–Crippen LogP) is 4.78. The van der Waals surface area contributed by atoms with E-state index in [-0.39, 0.29) is 0 Å². The van der Waals surface area contributed by atoms with Crippen molar-refractivity contribution >= 4 is 34.3 Å². The molecule has 0 aliphatic heterocycles. The van der Waals surface area contributed by atoms with Crippen molar-refractivity contribution in [3.05, 3.63) is 70.9 Å². The van der Waals surface area contributed by atoms with Gasteiger partial charge < -0.3 is 16.0 Å². The number of hydrogen-bond acceptors (Lipinski definition) is 4. The molecular formula is C20H18ClN5. The highest BCUT2D eigenvalue weighted by molar-refractivity contribution is 6.31. The van der Waals surface area contributed by atoms with E-state index in [0.717, 1.165) is 27.7 Å². The van der Waals surface area contributed by atoms with E-state index in [1.807, 2.05) is 30.3 Å². The Hall–Kier alpha value is -3.05. The predicted molar refractivity (Wildman–Crippen MR) is 107 cm³/mol. The number of nitrogens with zero attached hydrogens (tertiary/aromatic N) is 2. The number of halogens is 1. The first kappa shape index (κ1) is 16.4. The average molecular weight is 364 g/mol. The highest BCUT2D eigenvalue weighted by atomic mass is 35.5. The largest absolute Gasteiger partial charge is 0.384 e. The van der Waals surface area contributed by atoms with E-state index < -0.39 is 0 Å². The molecule has 0 fully saturated rings. The topological polar surface area (TPSA) is 79.6 Å². The van der Waals surface area contributed by atoms with Gasteiger partial charge in [0.1, 0.15) is 5.82 Å². The Balaban J connectivity index is 1.75. The summed E-state index contributed by atoms with van der Waals surface area (Å²) in [6.07, 6.45) is 1.63. The lowest BCUT2D eigenvalue weighted by Gasteiger charge is -2.07. The van der Waals surface area contributed by atoms with Crippen LogP contribution in [0.15, 0.2) is 54.7 Å². The second-order valence-electron chi connectivity index (χ2n) is 6.14. The lowest BCUT2D eigenvalue weighted by atomic mass is 10.1. The summed E-state index contributed by atoms with van der Waals surface area (Å²) in [4.78, 5) is 11.9. The first-order valence-corrected chi connectivity index (χ1v) is 8.68. The van der Waals surface area contributed by atoms with Crippen molar-refractivity contribution in [2.45, 2.75) is 13.5 Å². The van der Waals surface area contributed by atoms with Gasteiger partial charge in [-0.15, -0.1) is 0 Å². The fourth-order valence-corrected chi connectivity index (χ4v) is 3.37. The number of fused-ring (bicyclic) bond motifs is 1. The molecule has 0 bridgehead atoms. The molecule has 4 N–H and O–H groups in total. The number of hydrogen-bond donors (Lipinski definition) is 3. The molecule has 6 heteroatoms. The number of nitrogens with two attached hydrogens (primary N) is 1. The van der Waals surface area contributed by atoms with Crippen LogP contribution in [0.3, 0.4) is 0 Å². The van der Waals surface area contributed by atoms with Crippen molar-refractivity contribution in [3.8, 4) is 11.3 Å². The molecule has 130 valence electrons. The van der Waals surface area contributed by atoms with Crippen LogP contribution in [0.1, 0.15) is 11.1 Å². The van der Waals surface area contributed by atoms with E-state index in [1.54, 1.807) is 12.3 Å². The lowest BCUT2D eigenvalue weighted by molar-refractivity contribution is 1.06. The van der Waals surface area contributed by atoms with Gasteiger partial charge in [0, 0.05) is 28.8 Å². The van der Waals surface area contributed by atoms with Gasteiger partial charge in [-0.3, -0.25) is 0 Å². The molecule has 0 saturated heterocycles. The van der Waals surface area contributed by atoms with Crippen molar-refractivity contribution in [2.24, 2.45) is 0 Å². The van der Waals surface area contributed by atoms with Crippen molar-refractivity contribution in [1.29, 1.82) is 0 Å². The van der Waals surface area contributed by atoms with Crippen molar-refractivity contribution in [1.82, 2.24) is 15.0 Å². The molecule has 2 aromatic heterocycles. The maximum Gasteiger partial charge on any atom is 0.224 e. The molecule has 4 rings (SSSR count). The van der Waals surface area contributed by atoms with Gasteiger partial charge >= 0.3 is 0 Å². The van der Waals surface area contributed by atoms with Gasteiger partial charge in [-0.2, -0.15) is 4.98 Å². The zero-order valence-corrected chi connectivity index (χ0v) is 15.0. The Bertz CT molecular complexity index is 1070. The molecule has 2 heterocycles. The summed E-state index contributed by atoms with van der Waals surface area (Å²) < 4.78 is 0. The molecule has 2 aromatic carbocycles. The molecule has 0 aliphatic rings. The van der Waals surface area contributed by atoms with E-state index in [4.69, 9.17) is 17.3 Å². The molecule has 4 aromatic rings. The van der Waals surface area contributed by atoms with Gasteiger partial charge in [-0.25, -0.2) is 4.98 Å². The third kappa shape index (κ3) is 3.09. The van der Waals surface area contributed by atoms with Crippen LogP contribution >= 0.6 is 11.6 Å². The fourth-order valence-electron chi connectivity index (χ4n) is 3.13. The Morgan fingerprint density at radius 1 is 1.15 bits per heavy atom. The highest BCUT2D eigenvalue weighted by Crippen LogP contribution is 2.33. The zero-order valence-electron chi connectivity index (χ0n) is 14.3. The van der Waals surface area contributed by atoms with Crippen LogP contribution in [0.25, 0.3) is 22.2 Å². The second kappa shape index (κ2) is 6.69. The molecule has 0 spiro atoms. The maximum atomic E-state index is 6.37. The van der Waals surface area contributed by atoms with Crippen LogP contribution in [0, 0.1) is 6.92 Å². The Morgan fingerprint density at radius 3 is 2.73 bits per heavy atom. The SMILES string of the molecule is Cc1c(-c2ccccc2)[nH]c2c(CNc3nccc(N)n3)cc(Cl)cc12. The lowest BCUT2D eigenvalue weighted by Crippen LogP contribution is -2.05. The standard InChI is InChI=1S/C20H18ClN5/c1-12-16-10-15(21)9-14(11-24-20-23-8-7-17(22)25-20)19(16)26-18(12)13-5-3-2-4-6-13/h2-10,26H,11H2,1H3,(H3,22,23,24,25). The maximum absolute atomic E-state index is 6.37. The Kier molecular flexibility index (Phi) is 4.22. The van der Waals surface area contributed by atoms with Crippen LogP contribution < -0.4 is 11.1 Å². The average Bonchev–Trinajstić information content (AvgIpc) is 2.97. The summed E-state index contributed by atoms with van der Waals surface area (Å²) in [5.74, 6) is 0.922. The Labute approximate surface area is 156 Å². The number of rotatable bonds is 4. The number of H-pyrrole nitrogens is 1. The van der Waals surface area contributed by atoms with Crippen molar-refractivity contribution in [3.63, 3.8) is 0 Å². The molecule has 0 radical (unpaired) electrons. The normalized spacial score (nSPS) is 11.0. The summed E-state index contributed by atoms with van der Waals surface area (Å²) in [5.41, 5.74) is 11.2. The van der Waals surface area contributed by atoms with Crippen LogP contribution in [0.5, 0.6) is 0 Å². The van der Waals surface area contributed by atoms with Gasteiger partial charge in [0.2, 0.25) is 5.95 Å². The molecule has 0 saturated carbocycles. The van der Waals surface area contributed by atoms with Gasteiger partial charge in [0.15, 0.2) is 0 Å². The summed E-state index contributed by atoms with van der Waals surface area (Å²) >= 11 is 6.37. The van der Waals surface area contributed by atoms with E-state index in [2.05, 4.69) is 39.3 Å². The number of anilines is 2. The third-order valence-electron chi connectivity index (χ3n) is 4.39. The van der Waals surface area contributed by atoms with Crippen LogP contribution in [0.4, 0.5) is 11.8 Å². The third-order valence-corrected chi connectivity index (χ3v) is 4.61. The monoisotopic (exact) mass is 363 g/mol. The molecule has 0 unspecified atom stereocenters. The number of benzene rings is 2. The number of aryl methyl sites for hydroxylation is 1. The van der Waals surface area contributed by atoms with Gasteiger partial charge in [0.25, 0.3) is 0 Å². The number of aromatic amines is 1. The van der Waals surface area contributed by atoms with Crippen LogP contribution in [-0.2, 0) is 6.54 Å². The number of aromatic nitrogens is 3. The number of nitrogens with one attached hydrogen (secondary N) is 2. The zero-order chi connectivity index (χ0) is 18.1. The summed E-state index contributed by atoms with van der Waals surface area (Å²) in [6, 6.07) is 15.9. The van der Waals surface area contributed by atoms with Crippen molar-refractivity contribution < 1.29 is 0 Å². The van der Waals surface area contributed by atoms with Gasteiger partial charge in [-0.05, 0) is 41.8 Å². The highest BCUT2D eigenvalue weighted by Gasteiger charge is 2.13. The fraction of sp³-hybridized carbons (Fsp3) is 0.100. The summed E-state index contributed by atoms with van der Waals surface area (Å²) in [6.45, 7) is 2.64. The molecular weight excluding hydrogens is 346 g/mol. The molecule has 0 aliphatic carbocycles. The van der Waals surface area contributed by atoms with E-state index in [9.17, 15) is 0 Å². The molecule has 0 atom stereocenters. The van der Waals surface area contributed by atoms with E-state index in [1.165, 1.54) is 5.56 Å². The van der Waals surface area contributed by atoms with E-state index >= 15 is 0 Å². The summed E-state index contributed by atoms with van der Waals surface area (Å²) in [7, 11) is 0. The molecule has 5 nitrogen and oxygen atoms in total.